The molecule has 3 aromatic carbocycles. The van der Waals surface area contributed by atoms with Gasteiger partial charge in [-0.25, -0.2) is 4.79 Å². The number of rotatable bonds is 10. The maximum Gasteiger partial charge on any atom is 0.323 e. The van der Waals surface area contributed by atoms with E-state index >= 15 is 0 Å². The fourth-order valence-corrected chi connectivity index (χ4v) is 5.64. The zero-order valence-electron chi connectivity index (χ0n) is 23.7. The van der Waals surface area contributed by atoms with Crippen molar-refractivity contribution in [2.45, 2.75) is 45.1 Å². The Bertz CT molecular complexity index is 1300. The van der Waals surface area contributed by atoms with Gasteiger partial charge in [0.1, 0.15) is 5.75 Å². The van der Waals surface area contributed by atoms with Crippen LogP contribution in [-0.2, 0) is 11.2 Å². The number of ether oxygens (including phenoxy) is 2. The second-order valence-corrected chi connectivity index (χ2v) is 10.7. The molecule has 0 radical (unpaired) electrons. The number of hydrogen-bond acceptors (Lipinski definition) is 5. The number of urea groups is 1. The normalized spacial score (nSPS) is 17.2. The zero-order chi connectivity index (χ0) is 28.4. The van der Waals surface area contributed by atoms with Crippen molar-refractivity contribution in [3.8, 4) is 5.75 Å². The Balaban J connectivity index is 1.28. The van der Waals surface area contributed by atoms with E-state index in [2.05, 4.69) is 51.2 Å². The summed E-state index contributed by atoms with van der Waals surface area (Å²) in [6, 6.07) is 23.1. The van der Waals surface area contributed by atoms with E-state index < -0.39 is 6.03 Å². The minimum absolute atomic E-state index is 0.0497. The Morgan fingerprint density at radius 1 is 0.951 bits per heavy atom. The van der Waals surface area contributed by atoms with Crippen molar-refractivity contribution in [1.82, 2.24) is 5.32 Å². The lowest BCUT2D eigenvalue weighted by atomic mass is 9.89. The molecule has 2 saturated heterocycles. The van der Waals surface area contributed by atoms with E-state index in [0.717, 1.165) is 57.5 Å². The second-order valence-electron chi connectivity index (χ2n) is 10.7. The van der Waals surface area contributed by atoms with Crippen molar-refractivity contribution >= 4 is 29.0 Å². The first kappa shape index (κ1) is 28.5. The highest BCUT2D eigenvalue weighted by Gasteiger charge is 2.25. The number of anilines is 3. The number of carbonyl (C=O) groups excluding carboxylic acids is 2. The SMILES string of the molecule is CCOc1ccccc1NC(=O)Nc1ccc(N2CCC(Cc3ccccc3)CC2)c(C(=O)NCC2CCCO2)c1. The first-order chi connectivity index (χ1) is 20.1. The van der Waals surface area contributed by atoms with E-state index in [1.54, 1.807) is 12.1 Å². The fourth-order valence-electron chi connectivity index (χ4n) is 5.64. The molecule has 0 aromatic heterocycles. The molecule has 1 unspecified atom stereocenters. The van der Waals surface area contributed by atoms with Crippen LogP contribution in [-0.4, -0.2) is 50.9 Å². The van der Waals surface area contributed by atoms with Gasteiger partial charge < -0.3 is 30.3 Å². The molecule has 1 atom stereocenters. The number of nitrogens with one attached hydrogen (secondary N) is 3. The van der Waals surface area contributed by atoms with Crippen LogP contribution in [0.5, 0.6) is 5.75 Å². The molecular weight excluding hydrogens is 516 g/mol. The standard InChI is InChI=1S/C33H40N4O4/c1-2-40-31-13-7-6-12-29(31)36-33(39)35-26-14-15-30(28(22-26)32(38)34-23-27-11-8-20-41-27)37-18-16-25(17-19-37)21-24-9-4-3-5-10-24/h3-7,9-10,12-15,22,25,27H,2,8,11,16-21,23H2,1H3,(H,34,38)(H2,35,36,39). The summed E-state index contributed by atoms with van der Waals surface area (Å²) in [5.74, 6) is 1.06. The monoisotopic (exact) mass is 556 g/mol. The Kier molecular flexibility index (Phi) is 9.75. The average Bonchev–Trinajstić information content (AvgIpc) is 3.52. The molecule has 41 heavy (non-hydrogen) atoms. The lowest BCUT2D eigenvalue weighted by Crippen LogP contribution is -2.37. The van der Waals surface area contributed by atoms with Crippen molar-refractivity contribution in [1.29, 1.82) is 0 Å². The largest absolute Gasteiger partial charge is 0.492 e. The minimum atomic E-state index is -0.405. The molecule has 216 valence electrons. The molecule has 3 aromatic rings. The average molecular weight is 557 g/mol. The third-order valence-corrected chi connectivity index (χ3v) is 7.77. The van der Waals surface area contributed by atoms with Gasteiger partial charge in [-0.1, -0.05) is 42.5 Å². The van der Waals surface area contributed by atoms with E-state index in [4.69, 9.17) is 9.47 Å². The van der Waals surface area contributed by atoms with Crippen LogP contribution in [0.2, 0.25) is 0 Å². The molecule has 5 rings (SSSR count). The third-order valence-electron chi connectivity index (χ3n) is 7.77. The zero-order valence-corrected chi connectivity index (χ0v) is 23.7. The second kappa shape index (κ2) is 14.0. The number of nitrogens with zero attached hydrogens (tertiary/aromatic N) is 1. The van der Waals surface area contributed by atoms with E-state index in [0.29, 0.717) is 41.8 Å². The molecule has 0 bridgehead atoms. The van der Waals surface area contributed by atoms with Crippen LogP contribution >= 0.6 is 0 Å². The number of hydrogen-bond donors (Lipinski definition) is 3. The van der Waals surface area contributed by atoms with Crippen LogP contribution in [0.15, 0.2) is 72.8 Å². The number of para-hydroxylation sites is 2. The third kappa shape index (κ3) is 7.79. The summed E-state index contributed by atoms with van der Waals surface area (Å²) in [7, 11) is 0. The highest BCUT2D eigenvalue weighted by molar-refractivity contribution is 6.04. The van der Waals surface area contributed by atoms with Crippen LogP contribution < -0.4 is 25.6 Å². The molecule has 0 spiro atoms. The van der Waals surface area contributed by atoms with Gasteiger partial charge in [0.05, 0.1) is 24.0 Å². The lowest BCUT2D eigenvalue weighted by Gasteiger charge is -2.35. The maximum absolute atomic E-state index is 13.5. The Labute approximate surface area is 242 Å². The summed E-state index contributed by atoms with van der Waals surface area (Å²) in [5, 5.41) is 8.81. The molecule has 0 aliphatic carbocycles. The van der Waals surface area contributed by atoms with Gasteiger partial charge in [0.15, 0.2) is 0 Å². The molecule has 3 amide bonds. The van der Waals surface area contributed by atoms with Gasteiger partial charge in [-0.3, -0.25) is 4.79 Å². The Morgan fingerprint density at radius 3 is 2.49 bits per heavy atom. The molecule has 2 fully saturated rings. The predicted octanol–water partition coefficient (Wildman–Crippen LogP) is 6.10. The minimum Gasteiger partial charge on any atom is -0.492 e. The highest BCUT2D eigenvalue weighted by Crippen LogP contribution is 2.31. The summed E-state index contributed by atoms with van der Waals surface area (Å²) in [5.41, 5.74) is 3.94. The number of piperidine rings is 1. The topological polar surface area (TPSA) is 91.9 Å². The quantitative estimate of drug-likeness (QED) is 0.281. The molecule has 2 aliphatic heterocycles. The van der Waals surface area contributed by atoms with Crippen LogP contribution in [0.25, 0.3) is 0 Å². The van der Waals surface area contributed by atoms with Crippen LogP contribution in [0.4, 0.5) is 21.9 Å². The maximum atomic E-state index is 13.5. The van der Waals surface area contributed by atoms with Gasteiger partial charge in [0, 0.05) is 37.6 Å². The fraction of sp³-hybridized carbons (Fsp3) is 0.394. The summed E-state index contributed by atoms with van der Waals surface area (Å²) in [6.45, 7) is 5.37. The van der Waals surface area contributed by atoms with Gasteiger partial charge in [-0.05, 0) is 80.8 Å². The molecule has 0 saturated carbocycles. The first-order valence-electron chi connectivity index (χ1n) is 14.7. The summed E-state index contributed by atoms with van der Waals surface area (Å²) < 4.78 is 11.3. The molecule has 3 N–H and O–H groups in total. The van der Waals surface area contributed by atoms with Crippen LogP contribution in [0.1, 0.15) is 48.5 Å². The van der Waals surface area contributed by atoms with E-state index in [1.165, 1.54) is 5.56 Å². The van der Waals surface area contributed by atoms with E-state index in [-0.39, 0.29) is 12.0 Å². The molecule has 8 nitrogen and oxygen atoms in total. The lowest BCUT2D eigenvalue weighted by molar-refractivity contribution is 0.0858. The van der Waals surface area contributed by atoms with Crippen molar-refractivity contribution in [3.05, 3.63) is 83.9 Å². The molecular formula is C33H40N4O4. The van der Waals surface area contributed by atoms with Crippen molar-refractivity contribution in [2.75, 3.05) is 48.4 Å². The summed E-state index contributed by atoms with van der Waals surface area (Å²) in [4.78, 5) is 28.7. The van der Waals surface area contributed by atoms with Crippen molar-refractivity contribution in [2.24, 2.45) is 5.92 Å². The van der Waals surface area contributed by atoms with Crippen molar-refractivity contribution < 1.29 is 19.1 Å². The van der Waals surface area contributed by atoms with Gasteiger partial charge in [-0.15, -0.1) is 0 Å². The van der Waals surface area contributed by atoms with Crippen LogP contribution in [0.3, 0.4) is 0 Å². The number of benzene rings is 3. The number of carbonyl (C=O) groups is 2. The predicted molar refractivity (Wildman–Crippen MR) is 163 cm³/mol. The smallest absolute Gasteiger partial charge is 0.323 e. The molecule has 8 heteroatoms. The van der Waals surface area contributed by atoms with Gasteiger partial charge >= 0.3 is 6.03 Å². The van der Waals surface area contributed by atoms with Gasteiger partial charge in [0.25, 0.3) is 5.91 Å². The van der Waals surface area contributed by atoms with Crippen molar-refractivity contribution in [3.63, 3.8) is 0 Å². The summed E-state index contributed by atoms with van der Waals surface area (Å²) >= 11 is 0. The van der Waals surface area contributed by atoms with E-state index in [9.17, 15) is 9.59 Å². The summed E-state index contributed by atoms with van der Waals surface area (Å²) in [6.07, 6.45) is 5.22. The number of amides is 3. The van der Waals surface area contributed by atoms with Gasteiger partial charge in [0.2, 0.25) is 0 Å². The highest BCUT2D eigenvalue weighted by atomic mass is 16.5. The Morgan fingerprint density at radius 2 is 1.73 bits per heavy atom. The van der Waals surface area contributed by atoms with Gasteiger partial charge in [-0.2, -0.15) is 0 Å². The Hall–Kier alpha value is -4.04. The molecule has 2 aliphatic rings. The first-order valence-corrected chi connectivity index (χ1v) is 14.7. The van der Waals surface area contributed by atoms with E-state index in [1.807, 2.05) is 37.3 Å². The van der Waals surface area contributed by atoms with Crippen LogP contribution in [0, 0.1) is 5.92 Å². The molecule has 2 heterocycles.